The molecule has 4 aromatic rings. The fourth-order valence-corrected chi connectivity index (χ4v) is 5.35. The van der Waals surface area contributed by atoms with E-state index in [9.17, 15) is 14.4 Å². The molecule has 0 N–H and O–H groups in total. The number of fused-ring (bicyclic) bond motifs is 2. The van der Waals surface area contributed by atoms with Crippen LogP contribution < -0.4 is 10.3 Å². The molecule has 0 spiro atoms. The lowest BCUT2D eigenvalue weighted by atomic mass is 9.95. The summed E-state index contributed by atoms with van der Waals surface area (Å²) in [4.78, 5) is 46.1. The predicted molar refractivity (Wildman–Crippen MR) is 134 cm³/mol. The van der Waals surface area contributed by atoms with E-state index < -0.39 is 17.9 Å². The Bertz CT molecular complexity index is 1520. The van der Waals surface area contributed by atoms with Crippen LogP contribution in [0, 0.1) is 6.92 Å². The number of aromatic nitrogens is 1. The second-order valence-corrected chi connectivity index (χ2v) is 9.68. The molecule has 8 heteroatoms. The van der Waals surface area contributed by atoms with Crippen molar-refractivity contribution >= 4 is 39.3 Å². The lowest BCUT2D eigenvalue weighted by Crippen LogP contribution is -2.29. The van der Waals surface area contributed by atoms with Crippen molar-refractivity contribution in [1.82, 2.24) is 4.98 Å². The van der Waals surface area contributed by atoms with Crippen LogP contribution in [0.3, 0.4) is 0 Å². The highest BCUT2D eigenvalue weighted by molar-refractivity contribution is 7.17. The van der Waals surface area contributed by atoms with Gasteiger partial charge in [0.05, 0.1) is 29.3 Å². The normalized spacial score (nSPS) is 15.2. The van der Waals surface area contributed by atoms with Crippen LogP contribution in [0.2, 0.25) is 0 Å². The number of hydrogen-bond donors (Lipinski definition) is 0. The molecule has 0 fully saturated rings. The van der Waals surface area contributed by atoms with Crippen LogP contribution in [0.1, 0.15) is 75.3 Å². The molecule has 1 amide bonds. The maximum atomic E-state index is 13.7. The molecule has 0 unspecified atom stereocenters. The molecule has 1 aliphatic rings. The van der Waals surface area contributed by atoms with Crippen LogP contribution >= 0.6 is 11.3 Å². The molecule has 0 radical (unpaired) electrons. The summed E-state index contributed by atoms with van der Waals surface area (Å²) in [5.41, 5.74) is 2.74. The van der Waals surface area contributed by atoms with Crippen molar-refractivity contribution in [2.75, 3.05) is 11.5 Å². The van der Waals surface area contributed by atoms with Gasteiger partial charge in [0.25, 0.3) is 5.91 Å². The number of aryl methyl sites for hydroxylation is 1. The number of anilines is 1. The second kappa shape index (κ2) is 8.78. The summed E-state index contributed by atoms with van der Waals surface area (Å²) in [6.07, 6.45) is 0. The molecule has 1 aliphatic heterocycles. The summed E-state index contributed by atoms with van der Waals surface area (Å²) >= 11 is 1.07. The molecule has 2 aromatic heterocycles. The van der Waals surface area contributed by atoms with E-state index >= 15 is 0 Å². The monoisotopic (exact) mass is 488 g/mol. The quantitative estimate of drug-likeness (QED) is 0.339. The number of rotatable bonds is 5. The third-order valence-corrected chi connectivity index (χ3v) is 7.29. The lowest BCUT2D eigenvalue weighted by Gasteiger charge is -2.23. The van der Waals surface area contributed by atoms with Gasteiger partial charge in [-0.2, -0.15) is 0 Å². The third kappa shape index (κ3) is 3.74. The zero-order valence-electron chi connectivity index (χ0n) is 19.8. The van der Waals surface area contributed by atoms with Gasteiger partial charge in [0, 0.05) is 0 Å². The largest absolute Gasteiger partial charge is 0.462 e. The first-order valence-electron chi connectivity index (χ1n) is 11.5. The first kappa shape index (κ1) is 23.0. The standard InChI is InChI=1S/C27H24N2O5S/c1-5-33-26(32)24-15(4)28-27(35-24)29-21(17-12-10-16(11-13-17)14(2)3)20-22(30)18-8-6-7-9-19(18)34-23(20)25(29)31/h6-14,21H,5H2,1-4H3/t21-/m1/s1. The number of carbonyl (C=O) groups excluding carboxylic acids is 2. The van der Waals surface area contributed by atoms with E-state index in [0.717, 1.165) is 22.5 Å². The molecular weight excluding hydrogens is 464 g/mol. The number of esters is 1. The first-order valence-corrected chi connectivity index (χ1v) is 12.3. The van der Waals surface area contributed by atoms with E-state index in [1.54, 1.807) is 38.1 Å². The van der Waals surface area contributed by atoms with Crippen LogP contribution in [0.5, 0.6) is 0 Å². The van der Waals surface area contributed by atoms with Gasteiger partial charge in [0.2, 0.25) is 5.76 Å². The van der Waals surface area contributed by atoms with Gasteiger partial charge in [0.15, 0.2) is 10.6 Å². The fourth-order valence-electron chi connectivity index (χ4n) is 4.37. The Kier molecular flexibility index (Phi) is 5.76. The van der Waals surface area contributed by atoms with Crippen molar-refractivity contribution in [2.24, 2.45) is 0 Å². The highest BCUT2D eigenvalue weighted by atomic mass is 32.1. The molecule has 0 bridgehead atoms. The number of carbonyl (C=O) groups is 2. The average molecular weight is 489 g/mol. The average Bonchev–Trinajstić information content (AvgIpc) is 3.37. The predicted octanol–water partition coefficient (Wildman–Crippen LogP) is 5.61. The molecule has 3 heterocycles. The second-order valence-electron chi connectivity index (χ2n) is 8.70. The Balaban J connectivity index is 1.73. The molecule has 0 aliphatic carbocycles. The molecule has 0 saturated heterocycles. The summed E-state index contributed by atoms with van der Waals surface area (Å²) < 4.78 is 11.1. The lowest BCUT2D eigenvalue weighted by molar-refractivity contribution is 0.0531. The van der Waals surface area contributed by atoms with Gasteiger partial charge in [-0.1, -0.05) is 61.6 Å². The molecular formula is C27H24N2O5S. The third-order valence-electron chi connectivity index (χ3n) is 6.15. The zero-order valence-corrected chi connectivity index (χ0v) is 20.6. The number of amides is 1. The van der Waals surface area contributed by atoms with Crippen LogP contribution in [-0.2, 0) is 4.74 Å². The van der Waals surface area contributed by atoms with Crippen molar-refractivity contribution < 1.29 is 18.7 Å². The van der Waals surface area contributed by atoms with E-state index in [4.69, 9.17) is 9.15 Å². The number of ether oxygens (including phenoxy) is 1. The van der Waals surface area contributed by atoms with Gasteiger partial charge < -0.3 is 9.15 Å². The summed E-state index contributed by atoms with van der Waals surface area (Å²) in [5, 5.41) is 0.718. The molecule has 35 heavy (non-hydrogen) atoms. The Morgan fingerprint density at radius 2 is 1.86 bits per heavy atom. The summed E-state index contributed by atoms with van der Waals surface area (Å²) in [6.45, 7) is 7.87. The van der Waals surface area contributed by atoms with Crippen molar-refractivity contribution in [1.29, 1.82) is 0 Å². The van der Waals surface area contributed by atoms with Crippen LogP contribution in [0.25, 0.3) is 11.0 Å². The SMILES string of the molecule is CCOC(=O)c1sc(N2C(=O)c3oc4ccccc4c(=O)c3[C@H]2c2ccc(C(C)C)cc2)nc1C. The topological polar surface area (TPSA) is 89.7 Å². The minimum Gasteiger partial charge on any atom is -0.462 e. The molecule has 2 aromatic carbocycles. The Morgan fingerprint density at radius 3 is 2.54 bits per heavy atom. The van der Waals surface area contributed by atoms with E-state index in [-0.39, 0.29) is 23.4 Å². The van der Waals surface area contributed by atoms with Crippen LogP contribution in [0.4, 0.5) is 5.13 Å². The number of para-hydroxylation sites is 1. The zero-order chi connectivity index (χ0) is 24.9. The Morgan fingerprint density at radius 1 is 1.14 bits per heavy atom. The fraction of sp³-hybridized carbons (Fsp3) is 0.259. The minimum atomic E-state index is -0.736. The van der Waals surface area contributed by atoms with Crippen LogP contribution in [-0.4, -0.2) is 23.5 Å². The first-order chi connectivity index (χ1) is 16.8. The van der Waals surface area contributed by atoms with E-state index in [1.807, 2.05) is 24.3 Å². The van der Waals surface area contributed by atoms with Gasteiger partial charge >= 0.3 is 5.97 Å². The molecule has 7 nitrogen and oxygen atoms in total. The van der Waals surface area contributed by atoms with Crippen molar-refractivity contribution in [3.8, 4) is 0 Å². The summed E-state index contributed by atoms with van der Waals surface area (Å²) in [6, 6.07) is 14.0. The maximum Gasteiger partial charge on any atom is 0.350 e. The molecule has 1 atom stereocenters. The minimum absolute atomic E-state index is 0.00262. The molecule has 0 saturated carbocycles. The number of benzene rings is 2. The van der Waals surface area contributed by atoms with Gasteiger partial charge in [-0.3, -0.25) is 14.5 Å². The smallest absolute Gasteiger partial charge is 0.350 e. The summed E-state index contributed by atoms with van der Waals surface area (Å²) in [7, 11) is 0. The van der Waals surface area contributed by atoms with E-state index in [1.165, 1.54) is 4.90 Å². The van der Waals surface area contributed by atoms with Gasteiger partial charge in [-0.15, -0.1) is 0 Å². The highest BCUT2D eigenvalue weighted by Crippen LogP contribution is 2.43. The van der Waals surface area contributed by atoms with Gasteiger partial charge in [-0.05, 0) is 43.0 Å². The Hall–Kier alpha value is -3.78. The highest BCUT2D eigenvalue weighted by Gasteiger charge is 2.45. The van der Waals surface area contributed by atoms with E-state index in [0.29, 0.717) is 32.6 Å². The van der Waals surface area contributed by atoms with Crippen molar-refractivity contribution in [3.05, 3.63) is 91.8 Å². The number of thiazole rings is 1. The van der Waals surface area contributed by atoms with E-state index in [2.05, 4.69) is 18.8 Å². The van der Waals surface area contributed by atoms with Gasteiger partial charge in [0.1, 0.15) is 10.5 Å². The number of hydrogen-bond acceptors (Lipinski definition) is 7. The molecule has 5 rings (SSSR count). The van der Waals surface area contributed by atoms with Crippen LogP contribution in [0.15, 0.2) is 57.7 Å². The maximum absolute atomic E-state index is 13.7. The molecule has 178 valence electrons. The van der Waals surface area contributed by atoms with Crippen molar-refractivity contribution in [2.45, 2.75) is 39.7 Å². The Labute approximate surface area is 206 Å². The number of nitrogens with zero attached hydrogens (tertiary/aromatic N) is 2. The van der Waals surface area contributed by atoms with Gasteiger partial charge in [-0.25, -0.2) is 9.78 Å². The summed E-state index contributed by atoms with van der Waals surface area (Å²) in [5.74, 6) is -0.627. The van der Waals surface area contributed by atoms with Crippen molar-refractivity contribution in [3.63, 3.8) is 0 Å².